The van der Waals surface area contributed by atoms with E-state index >= 15 is 0 Å². The number of aromatic nitrogens is 2. The van der Waals surface area contributed by atoms with Gasteiger partial charge in [0.2, 0.25) is 10.0 Å². The number of benzene rings is 1. The standard InChI is InChI=1S/C17H21N5O5S2/c1-3-22-14-6-5-10(29(18,25)26)7-12(14)21-17(22)28-9-13-11(15(23)27-4-2)8-19-16(24)20-13/h5-7H,3-4,8-9H2,1-2H3,(H2,18,25,26)(H2,19,20,24). The van der Waals surface area contributed by atoms with Crippen molar-refractivity contribution >= 4 is 44.8 Å². The van der Waals surface area contributed by atoms with E-state index in [-0.39, 0.29) is 23.8 Å². The number of amides is 2. The van der Waals surface area contributed by atoms with Crippen LogP contribution in [0.1, 0.15) is 13.8 Å². The van der Waals surface area contributed by atoms with Crippen LogP contribution in [0.2, 0.25) is 0 Å². The second-order valence-electron chi connectivity index (χ2n) is 6.11. The van der Waals surface area contributed by atoms with Gasteiger partial charge in [-0.1, -0.05) is 11.8 Å². The van der Waals surface area contributed by atoms with E-state index in [0.717, 1.165) is 5.52 Å². The molecule has 0 saturated carbocycles. The first kappa shape index (κ1) is 21.1. The van der Waals surface area contributed by atoms with Gasteiger partial charge in [0, 0.05) is 18.0 Å². The minimum Gasteiger partial charge on any atom is -0.463 e. The molecule has 156 valence electrons. The van der Waals surface area contributed by atoms with Gasteiger partial charge >= 0.3 is 12.0 Å². The third-order valence-corrected chi connectivity index (χ3v) is 6.17. The highest BCUT2D eigenvalue weighted by atomic mass is 32.2. The van der Waals surface area contributed by atoms with Crippen LogP contribution in [0, 0.1) is 0 Å². The molecule has 0 atom stereocenters. The predicted molar refractivity (Wildman–Crippen MR) is 108 cm³/mol. The maximum atomic E-state index is 12.2. The average molecular weight is 440 g/mol. The summed E-state index contributed by atoms with van der Waals surface area (Å²) in [5.41, 5.74) is 2.07. The smallest absolute Gasteiger partial charge is 0.337 e. The molecule has 1 aliphatic rings. The maximum absolute atomic E-state index is 12.2. The van der Waals surface area contributed by atoms with Crippen molar-refractivity contribution in [1.29, 1.82) is 0 Å². The molecule has 10 nitrogen and oxygen atoms in total. The number of urea groups is 1. The van der Waals surface area contributed by atoms with Crippen molar-refractivity contribution < 1.29 is 22.7 Å². The Labute approximate surface area is 171 Å². The van der Waals surface area contributed by atoms with Crippen LogP contribution in [0.15, 0.2) is 39.5 Å². The average Bonchev–Trinajstić information content (AvgIpc) is 3.02. The number of primary sulfonamides is 1. The zero-order valence-electron chi connectivity index (χ0n) is 15.9. The number of hydrogen-bond donors (Lipinski definition) is 3. The third-order valence-electron chi connectivity index (χ3n) is 4.25. The van der Waals surface area contributed by atoms with E-state index in [1.165, 1.54) is 23.9 Å². The Hall–Kier alpha value is -2.57. The Morgan fingerprint density at radius 1 is 1.38 bits per heavy atom. The molecule has 2 aromatic rings. The Morgan fingerprint density at radius 3 is 2.79 bits per heavy atom. The van der Waals surface area contributed by atoms with Gasteiger partial charge in [0.1, 0.15) is 0 Å². The Bertz CT molecular complexity index is 1110. The van der Waals surface area contributed by atoms with E-state index in [1.807, 2.05) is 11.5 Å². The molecule has 2 amide bonds. The van der Waals surface area contributed by atoms with Gasteiger partial charge in [-0.15, -0.1) is 0 Å². The molecule has 0 spiro atoms. The van der Waals surface area contributed by atoms with E-state index in [1.54, 1.807) is 13.0 Å². The molecule has 12 heteroatoms. The second-order valence-corrected chi connectivity index (χ2v) is 8.61. The summed E-state index contributed by atoms with van der Waals surface area (Å²) in [6.45, 7) is 4.57. The Morgan fingerprint density at radius 2 is 2.14 bits per heavy atom. The van der Waals surface area contributed by atoms with E-state index in [9.17, 15) is 18.0 Å². The predicted octanol–water partition coefficient (Wildman–Crippen LogP) is 0.926. The van der Waals surface area contributed by atoms with Crippen LogP contribution in [0.4, 0.5) is 4.79 Å². The summed E-state index contributed by atoms with van der Waals surface area (Å²) in [4.78, 5) is 28.3. The lowest BCUT2D eigenvalue weighted by atomic mass is 10.2. The number of nitrogens with zero attached hydrogens (tertiary/aromatic N) is 2. The number of esters is 1. The molecule has 0 unspecified atom stereocenters. The number of ether oxygens (including phenoxy) is 1. The highest BCUT2D eigenvalue weighted by Gasteiger charge is 2.24. The van der Waals surface area contributed by atoms with Crippen molar-refractivity contribution in [2.24, 2.45) is 5.14 Å². The normalized spacial score (nSPS) is 14.7. The van der Waals surface area contributed by atoms with Gasteiger partial charge in [0.15, 0.2) is 5.16 Å². The first-order valence-corrected chi connectivity index (χ1v) is 11.4. The molecule has 0 radical (unpaired) electrons. The van der Waals surface area contributed by atoms with Crippen molar-refractivity contribution in [3.8, 4) is 0 Å². The van der Waals surface area contributed by atoms with Gasteiger partial charge in [-0.05, 0) is 32.0 Å². The molecule has 0 bridgehead atoms. The third kappa shape index (κ3) is 4.54. The fourth-order valence-electron chi connectivity index (χ4n) is 2.89. The lowest BCUT2D eigenvalue weighted by Gasteiger charge is -2.21. The Kier molecular flexibility index (Phi) is 6.15. The number of thioether (sulfide) groups is 1. The Balaban J connectivity index is 1.92. The number of sulfonamides is 1. The molecule has 0 fully saturated rings. The number of carbonyl (C=O) groups excluding carboxylic acids is 2. The summed E-state index contributed by atoms with van der Waals surface area (Å²) in [5.74, 6) is -0.204. The number of aryl methyl sites for hydroxylation is 1. The van der Waals surface area contributed by atoms with Crippen molar-refractivity contribution in [2.75, 3.05) is 18.9 Å². The molecular formula is C17H21N5O5S2. The lowest BCUT2D eigenvalue weighted by Crippen LogP contribution is -2.44. The summed E-state index contributed by atoms with van der Waals surface area (Å²) >= 11 is 1.32. The zero-order valence-corrected chi connectivity index (χ0v) is 17.5. The molecule has 1 aromatic carbocycles. The highest BCUT2D eigenvalue weighted by molar-refractivity contribution is 7.99. The van der Waals surface area contributed by atoms with Gasteiger partial charge in [-0.2, -0.15) is 0 Å². The molecule has 1 aliphatic heterocycles. The lowest BCUT2D eigenvalue weighted by molar-refractivity contribution is -0.138. The van der Waals surface area contributed by atoms with Crippen LogP contribution in [0.25, 0.3) is 11.0 Å². The van der Waals surface area contributed by atoms with Crippen molar-refractivity contribution in [3.63, 3.8) is 0 Å². The molecule has 0 aliphatic carbocycles. The molecular weight excluding hydrogens is 418 g/mol. The van der Waals surface area contributed by atoms with Crippen molar-refractivity contribution in [2.45, 2.75) is 30.4 Å². The largest absolute Gasteiger partial charge is 0.463 e. The van der Waals surface area contributed by atoms with Crippen LogP contribution in [-0.4, -0.2) is 48.9 Å². The topological polar surface area (TPSA) is 145 Å². The molecule has 4 N–H and O–H groups in total. The van der Waals surface area contributed by atoms with Crippen LogP contribution >= 0.6 is 11.8 Å². The zero-order chi connectivity index (χ0) is 21.2. The molecule has 2 heterocycles. The maximum Gasteiger partial charge on any atom is 0.337 e. The van der Waals surface area contributed by atoms with Crippen molar-refractivity contribution in [3.05, 3.63) is 29.5 Å². The van der Waals surface area contributed by atoms with Crippen LogP contribution in [-0.2, 0) is 26.1 Å². The van der Waals surface area contributed by atoms with E-state index in [4.69, 9.17) is 9.88 Å². The fraction of sp³-hybridized carbons (Fsp3) is 0.353. The van der Waals surface area contributed by atoms with Crippen LogP contribution < -0.4 is 15.8 Å². The number of nitrogens with two attached hydrogens (primary N) is 1. The first-order valence-electron chi connectivity index (χ1n) is 8.84. The SMILES string of the molecule is CCOC(=O)C1=C(CSc2nc3cc(S(N)(=O)=O)ccc3n2CC)NC(=O)NC1. The van der Waals surface area contributed by atoms with Gasteiger partial charge < -0.3 is 19.9 Å². The number of fused-ring (bicyclic) bond motifs is 1. The monoisotopic (exact) mass is 439 g/mol. The number of carbonyl (C=O) groups is 2. The van der Waals surface area contributed by atoms with E-state index in [0.29, 0.717) is 28.5 Å². The summed E-state index contributed by atoms with van der Waals surface area (Å²) in [6, 6.07) is 4.13. The minimum atomic E-state index is -3.83. The number of imidazole rings is 1. The first-order chi connectivity index (χ1) is 13.7. The van der Waals surface area contributed by atoms with Gasteiger partial charge in [-0.25, -0.2) is 28.1 Å². The molecule has 29 heavy (non-hydrogen) atoms. The minimum absolute atomic E-state index is 0.0137. The summed E-state index contributed by atoms with van der Waals surface area (Å²) in [7, 11) is -3.83. The second kappa shape index (κ2) is 8.43. The number of hydrogen-bond acceptors (Lipinski definition) is 7. The quantitative estimate of drug-likeness (QED) is 0.430. The molecule has 0 saturated heterocycles. The highest BCUT2D eigenvalue weighted by Crippen LogP contribution is 2.27. The fourth-order valence-corrected chi connectivity index (χ4v) is 4.49. The summed E-state index contributed by atoms with van der Waals surface area (Å²) in [6.07, 6.45) is 0. The molecule has 3 rings (SSSR count). The van der Waals surface area contributed by atoms with Crippen LogP contribution in [0.3, 0.4) is 0 Å². The summed E-state index contributed by atoms with van der Waals surface area (Å²) in [5, 5.41) is 11.0. The van der Waals surface area contributed by atoms with Gasteiger partial charge in [0.25, 0.3) is 0 Å². The molecule has 1 aromatic heterocycles. The van der Waals surface area contributed by atoms with Crippen LogP contribution in [0.5, 0.6) is 0 Å². The van der Waals surface area contributed by atoms with Gasteiger partial charge in [-0.3, -0.25) is 0 Å². The van der Waals surface area contributed by atoms with E-state index < -0.39 is 22.0 Å². The van der Waals surface area contributed by atoms with Crippen molar-refractivity contribution in [1.82, 2.24) is 20.2 Å². The number of nitrogens with one attached hydrogen (secondary N) is 2. The van der Waals surface area contributed by atoms with E-state index in [2.05, 4.69) is 15.6 Å². The summed E-state index contributed by atoms with van der Waals surface area (Å²) < 4.78 is 30.2. The number of rotatable bonds is 7. The van der Waals surface area contributed by atoms with Gasteiger partial charge in [0.05, 0.1) is 34.7 Å².